The Morgan fingerprint density at radius 2 is 2.03 bits per heavy atom. The summed E-state index contributed by atoms with van der Waals surface area (Å²) in [5.74, 6) is -0.0246. The predicted octanol–water partition coefficient (Wildman–Crippen LogP) is 3.70. The molecular formula is C21H17FN6O2. The molecule has 1 saturated carbocycles. The summed E-state index contributed by atoms with van der Waals surface area (Å²) in [7, 11) is 0. The standard InChI is InChI=1S/C21H17FN6O2/c1-12-7-8-13(19-24-21(30-26-19)15-10-16(15)22)9-17(12)23-20(29)18-11-28(27-25-18)14-5-3-2-4-6-14/h2-9,11,15-16H,10H2,1H3,(H,23,29)/t15-,16-/m0/s1. The molecule has 150 valence electrons. The van der Waals surface area contributed by atoms with E-state index in [1.165, 1.54) is 4.68 Å². The fourth-order valence-electron chi connectivity index (χ4n) is 3.08. The van der Waals surface area contributed by atoms with Gasteiger partial charge in [0.05, 0.1) is 17.8 Å². The van der Waals surface area contributed by atoms with Gasteiger partial charge in [-0.1, -0.05) is 40.7 Å². The van der Waals surface area contributed by atoms with Gasteiger partial charge in [0.1, 0.15) is 6.17 Å². The molecule has 1 N–H and O–H groups in total. The molecule has 0 bridgehead atoms. The Bertz CT molecular complexity index is 1220. The molecule has 0 spiro atoms. The summed E-state index contributed by atoms with van der Waals surface area (Å²) in [5, 5.41) is 14.8. The minimum Gasteiger partial charge on any atom is -0.339 e. The lowest BCUT2D eigenvalue weighted by Gasteiger charge is -2.08. The third kappa shape index (κ3) is 3.45. The highest BCUT2D eigenvalue weighted by molar-refractivity contribution is 6.03. The maximum Gasteiger partial charge on any atom is 0.277 e. The number of nitrogens with one attached hydrogen (secondary N) is 1. The molecule has 5 rings (SSSR count). The number of alkyl halides is 1. The van der Waals surface area contributed by atoms with Crippen LogP contribution in [-0.2, 0) is 0 Å². The molecule has 1 aliphatic carbocycles. The highest BCUT2D eigenvalue weighted by atomic mass is 19.1. The number of amides is 1. The fraction of sp³-hybridized carbons (Fsp3) is 0.190. The first-order valence-electron chi connectivity index (χ1n) is 9.46. The van der Waals surface area contributed by atoms with Crippen molar-refractivity contribution in [2.75, 3.05) is 5.32 Å². The van der Waals surface area contributed by atoms with Crippen molar-refractivity contribution in [3.63, 3.8) is 0 Å². The van der Waals surface area contributed by atoms with Crippen LogP contribution in [0.5, 0.6) is 0 Å². The van der Waals surface area contributed by atoms with Gasteiger partial charge in [0, 0.05) is 11.3 Å². The summed E-state index contributed by atoms with van der Waals surface area (Å²) in [5.41, 5.74) is 3.11. The number of halogens is 1. The van der Waals surface area contributed by atoms with Crippen molar-refractivity contribution in [2.45, 2.75) is 25.4 Å². The Morgan fingerprint density at radius 3 is 2.80 bits per heavy atom. The third-order valence-electron chi connectivity index (χ3n) is 4.96. The van der Waals surface area contributed by atoms with Crippen LogP contribution in [0.3, 0.4) is 0 Å². The number of hydrogen-bond acceptors (Lipinski definition) is 6. The lowest BCUT2D eigenvalue weighted by Crippen LogP contribution is -2.13. The highest BCUT2D eigenvalue weighted by Crippen LogP contribution is 2.43. The normalized spacial score (nSPS) is 17.7. The van der Waals surface area contributed by atoms with Crippen molar-refractivity contribution in [1.29, 1.82) is 0 Å². The van der Waals surface area contributed by atoms with Crippen LogP contribution in [0, 0.1) is 6.92 Å². The molecule has 2 heterocycles. The minimum absolute atomic E-state index is 0.188. The van der Waals surface area contributed by atoms with Gasteiger partial charge in [-0.2, -0.15) is 4.98 Å². The average molecular weight is 404 g/mol. The molecule has 0 radical (unpaired) electrons. The quantitative estimate of drug-likeness (QED) is 0.545. The lowest BCUT2D eigenvalue weighted by atomic mass is 10.1. The Hall–Kier alpha value is -3.88. The summed E-state index contributed by atoms with van der Waals surface area (Å²) >= 11 is 0. The maximum atomic E-state index is 13.2. The van der Waals surface area contributed by atoms with Crippen molar-refractivity contribution in [2.24, 2.45) is 0 Å². The number of rotatable bonds is 5. The van der Waals surface area contributed by atoms with Gasteiger partial charge < -0.3 is 9.84 Å². The summed E-state index contributed by atoms with van der Waals surface area (Å²) in [6.07, 6.45) is 1.08. The molecule has 2 aromatic heterocycles. The number of hydrogen-bond donors (Lipinski definition) is 1. The van der Waals surface area contributed by atoms with E-state index in [2.05, 4.69) is 25.8 Å². The fourth-order valence-corrected chi connectivity index (χ4v) is 3.08. The van der Waals surface area contributed by atoms with E-state index in [1.54, 1.807) is 12.3 Å². The molecule has 30 heavy (non-hydrogen) atoms. The van der Waals surface area contributed by atoms with Crippen molar-refractivity contribution < 1.29 is 13.7 Å². The average Bonchev–Trinajstić information content (AvgIpc) is 3.17. The van der Waals surface area contributed by atoms with E-state index >= 15 is 0 Å². The zero-order valence-electron chi connectivity index (χ0n) is 16.0. The zero-order chi connectivity index (χ0) is 20.7. The van der Waals surface area contributed by atoms with E-state index in [0.717, 1.165) is 11.3 Å². The minimum atomic E-state index is -0.907. The predicted molar refractivity (Wildman–Crippen MR) is 106 cm³/mol. The zero-order valence-corrected chi connectivity index (χ0v) is 16.0. The number of carbonyl (C=O) groups excluding carboxylic acids is 1. The van der Waals surface area contributed by atoms with E-state index in [4.69, 9.17) is 4.52 Å². The molecule has 2 aromatic carbocycles. The van der Waals surface area contributed by atoms with Crippen molar-refractivity contribution in [3.05, 3.63) is 71.9 Å². The van der Waals surface area contributed by atoms with Crippen molar-refractivity contribution in [3.8, 4) is 17.1 Å². The van der Waals surface area contributed by atoms with Gasteiger partial charge in [-0.25, -0.2) is 9.07 Å². The molecule has 1 fully saturated rings. The summed E-state index contributed by atoms with van der Waals surface area (Å²) < 4.78 is 19.9. The molecule has 9 heteroatoms. The van der Waals surface area contributed by atoms with Gasteiger partial charge in [-0.3, -0.25) is 4.79 Å². The topological polar surface area (TPSA) is 98.7 Å². The van der Waals surface area contributed by atoms with Gasteiger partial charge in [0.2, 0.25) is 11.7 Å². The second-order valence-corrected chi connectivity index (χ2v) is 7.18. The number of anilines is 1. The van der Waals surface area contributed by atoms with Crippen LogP contribution in [0.4, 0.5) is 10.1 Å². The monoisotopic (exact) mass is 404 g/mol. The number of aryl methyl sites for hydroxylation is 1. The van der Waals surface area contributed by atoms with Crippen molar-refractivity contribution >= 4 is 11.6 Å². The second kappa shape index (κ2) is 7.18. The maximum absolute atomic E-state index is 13.2. The summed E-state index contributed by atoms with van der Waals surface area (Å²) in [4.78, 5) is 17.0. The van der Waals surface area contributed by atoms with E-state index in [0.29, 0.717) is 29.4 Å². The van der Waals surface area contributed by atoms with E-state index in [-0.39, 0.29) is 17.5 Å². The molecule has 8 nitrogen and oxygen atoms in total. The molecule has 0 saturated heterocycles. The van der Waals surface area contributed by atoms with Crippen molar-refractivity contribution in [1.82, 2.24) is 25.1 Å². The number of para-hydroxylation sites is 1. The lowest BCUT2D eigenvalue weighted by molar-refractivity contribution is 0.102. The molecule has 2 atom stereocenters. The number of carbonyl (C=O) groups is 1. The van der Waals surface area contributed by atoms with Gasteiger partial charge in [0.15, 0.2) is 5.69 Å². The number of aromatic nitrogens is 5. The van der Waals surface area contributed by atoms with E-state index in [1.807, 2.05) is 49.4 Å². The van der Waals surface area contributed by atoms with Crippen LogP contribution in [0.25, 0.3) is 17.1 Å². The van der Waals surface area contributed by atoms with Crippen LogP contribution in [0.15, 0.2) is 59.3 Å². The first kappa shape index (κ1) is 18.2. The Balaban J connectivity index is 1.36. The molecule has 1 amide bonds. The second-order valence-electron chi connectivity index (χ2n) is 7.18. The molecule has 4 aromatic rings. The first-order chi connectivity index (χ1) is 14.6. The Kier molecular flexibility index (Phi) is 4.35. The largest absolute Gasteiger partial charge is 0.339 e. The van der Waals surface area contributed by atoms with Gasteiger partial charge in [-0.15, -0.1) is 5.10 Å². The first-order valence-corrected chi connectivity index (χ1v) is 9.46. The van der Waals surface area contributed by atoms with Crippen LogP contribution in [0.2, 0.25) is 0 Å². The van der Waals surface area contributed by atoms with Crippen LogP contribution >= 0.6 is 0 Å². The summed E-state index contributed by atoms with van der Waals surface area (Å²) in [6, 6.07) is 14.8. The van der Waals surface area contributed by atoms with Crippen LogP contribution in [-0.4, -0.2) is 37.2 Å². The Labute approximate surface area is 170 Å². The molecular weight excluding hydrogens is 387 g/mol. The molecule has 0 unspecified atom stereocenters. The van der Waals surface area contributed by atoms with Gasteiger partial charge in [-0.05, 0) is 37.1 Å². The third-order valence-corrected chi connectivity index (χ3v) is 4.96. The van der Waals surface area contributed by atoms with E-state index < -0.39 is 6.17 Å². The Morgan fingerprint density at radius 1 is 1.23 bits per heavy atom. The van der Waals surface area contributed by atoms with E-state index in [9.17, 15) is 9.18 Å². The summed E-state index contributed by atoms with van der Waals surface area (Å²) in [6.45, 7) is 1.87. The SMILES string of the molecule is Cc1ccc(-c2noc([C@H]3C[C@@H]3F)n2)cc1NC(=O)c1cn(-c2ccccc2)nn1. The van der Waals surface area contributed by atoms with Crippen LogP contribution in [0.1, 0.15) is 34.3 Å². The molecule has 1 aliphatic rings. The van der Waals surface area contributed by atoms with Gasteiger partial charge in [0.25, 0.3) is 5.91 Å². The molecule has 0 aliphatic heterocycles. The van der Waals surface area contributed by atoms with Crippen LogP contribution < -0.4 is 5.32 Å². The number of nitrogens with zero attached hydrogens (tertiary/aromatic N) is 5. The van der Waals surface area contributed by atoms with Gasteiger partial charge >= 0.3 is 0 Å². The smallest absolute Gasteiger partial charge is 0.277 e. The number of benzene rings is 2. The highest BCUT2D eigenvalue weighted by Gasteiger charge is 2.43.